The summed E-state index contributed by atoms with van der Waals surface area (Å²) in [5.74, 6) is -1.65. The van der Waals surface area contributed by atoms with Gasteiger partial charge < -0.3 is 14.6 Å². The van der Waals surface area contributed by atoms with Crippen molar-refractivity contribution in [1.82, 2.24) is 0 Å². The molecule has 4 fully saturated rings. The monoisotopic (exact) mass is 334 g/mol. The summed E-state index contributed by atoms with van der Waals surface area (Å²) in [7, 11) is 1.64. The minimum absolute atomic E-state index is 0.230. The molecule has 1 aromatic carbocycles. The number of aromatic carboxylic acids is 1. The van der Waals surface area contributed by atoms with E-state index in [0.29, 0.717) is 12.3 Å². The van der Waals surface area contributed by atoms with Crippen molar-refractivity contribution >= 4 is 5.97 Å². The number of fused-ring (bicyclic) bond motifs is 3. The normalized spacial score (nSPS) is 38.4. The molecule has 0 amide bonds. The summed E-state index contributed by atoms with van der Waals surface area (Å²) in [6.45, 7) is 0. The average molecular weight is 334 g/mol. The fourth-order valence-corrected chi connectivity index (χ4v) is 4.37. The van der Waals surface area contributed by atoms with Crippen LogP contribution in [0.25, 0.3) is 0 Å². The van der Waals surface area contributed by atoms with E-state index in [1.165, 1.54) is 6.42 Å². The topological polar surface area (TPSA) is 74.2 Å². The molecule has 1 saturated carbocycles. The van der Waals surface area contributed by atoms with E-state index in [1.807, 2.05) is 0 Å². The summed E-state index contributed by atoms with van der Waals surface area (Å²) in [6.07, 6.45) is 5.31. The molecule has 0 aromatic heterocycles. The van der Waals surface area contributed by atoms with Gasteiger partial charge in [0.05, 0.1) is 5.56 Å². The molecule has 130 valence electrons. The van der Waals surface area contributed by atoms with Gasteiger partial charge in [-0.05, 0) is 37.3 Å². The Morgan fingerprint density at radius 1 is 1.17 bits per heavy atom. The minimum Gasteiger partial charge on any atom is -0.478 e. The van der Waals surface area contributed by atoms with Gasteiger partial charge in [0.25, 0.3) is 0 Å². The van der Waals surface area contributed by atoms with Crippen molar-refractivity contribution in [1.29, 1.82) is 0 Å². The van der Waals surface area contributed by atoms with Crippen molar-refractivity contribution in [2.75, 3.05) is 7.11 Å². The maximum Gasteiger partial charge on any atom is 0.335 e. The average Bonchev–Trinajstić information content (AvgIpc) is 2.88. The molecule has 2 bridgehead atoms. The van der Waals surface area contributed by atoms with Gasteiger partial charge in [-0.2, -0.15) is 4.89 Å². The summed E-state index contributed by atoms with van der Waals surface area (Å²) < 4.78 is 11.9. The van der Waals surface area contributed by atoms with E-state index in [2.05, 4.69) is 0 Å². The van der Waals surface area contributed by atoms with Gasteiger partial charge in [-0.1, -0.05) is 25.0 Å². The van der Waals surface area contributed by atoms with E-state index >= 15 is 0 Å². The molecule has 3 saturated heterocycles. The molecule has 1 unspecified atom stereocenters. The van der Waals surface area contributed by atoms with Gasteiger partial charge in [0.2, 0.25) is 5.79 Å². The standard InChI is InChI=1S/C18H22O6/c1-21-16-17-10-3-2-4-13(17)9-11-18(22-16,24-23-17)14-7-5-12(6-8-14)15(19)20/h5-8,13,16H,2-4,9-11H2,1H3,(H,19,20)/t13?,16-,17+,18-/m1/s1. The maximum atomic E-state index is 11.1. The van der Waals surface area contributed by atoms with Gasteiger partial charge in [-0.15, -0.1) is 0 Å². The molecule has 6 heteroatoms. The van der Waals surface area contributed by atoms with Crippen LogP contribution in [0, 0.1) is 5.92 Å². The number of carboxylic acid groups (broad SMARTS) is 1. The third-order valence-electron chi connectivity index (χ3n) is 5.70. The smallest absolute Gasteiger partial charge is 0.335 e. The van der Waals surface area contributed by atoms with Crippen LogP contribution in [0.3, 0.4) is 0 Å². The highest BCUT2D eigenvalue weighted by Crippen LogP contribution is 2.55. The lowest BCUT2D eigenvalue weighted by Gasteiger charge is -2.49. The Hall–Kier alpha value is -1.47. The van der Waals surface area contributed by atoms with Crippen LogP contribution in [0.1, 0.15) is 54.4 Å². The first-order chi connectivity index (χ1) is 11.6. The molecule has 1 aliphatic carbocycles. The van der Waals surface area contributed by atoms with Gasteiger partial charge in [0.15, 0.2) is 11.9 Å². The van der Waals surface area contributed by atoms with Crippen molar-refractivity contribution in [3.63, 3.8) is 0 Å². The fraction of sp³-hybridized carbons (Fsp3) is 0.611. The van der Waals surface area contributed by atoms with Crippen molar-refractivity contribution in [2.24, 2.45) is 5.92 Å². The third kappa shape index (κ3) is 2.29. The third-order valence-corrected chi connectivity index (χ3v) is 5.70. The van der Waals surface area contributed by atoms with Crippen LogP contribution in [0.2, 0.25) is 0 Å². The summed E-state index contributed by atoms with van der Waals surface area (Å²) in [5, 5.41) is 9.07. The second kappa shape index (κ2) is 5.81. The van der Waals surface area contributed by atoms with E-state index in [-0.39, 0.29) is 5.56 Å². The van der Waals surface area contributed by atoms with Crippen LogP contribution in [-0.2, 0) is 25.0 Å². The van der Waals surface area contributed by atoms with Crippen LogP contribution in [-0.4, -0.2) is 30.1 Å². The number of methoxy groups -OCH3 is 1. The van der Waals surface area contributed by atoms with Crippen LogP contribution in [0.5, 0.6) is 0 Å². The first-order valence-corrected chi connectivity index (χ1v) is 8.51. The Labute approximate surface area is 140 Å². The predicted octanol–water partition coefficient (Wildman–Crippen LogP) is 3.21. The first-order valence-electron chi connectivity index (χ1n) is 8.51. The van der Waals surface area contributed by atoms with Crippen molar-refractivity contribution in [3.05, 3.63) is 35.4 Å². The van der Waals surface area contributed by atoms with E-state index in [9.17, 15) is 4.79 Å². The van der Waals surface area contributed by atoms with E-state index in [4.69, 9.17) is 24.4 Å². The van der Waals surface area contributed by atoms with E-state index in [1.54, 1.807) is 31.4 Å². The molecule has 5 rings (SSSR count). The molecule has 0 radical (unpaired) electrons. The number of ether oxygens (including phenoxy) is 2. The highest BCUT2D eigenvalue weighted by molar-refractivity contribution is 5.87. The molecule has 1 spiro atoms. The quantitative estimate of drug-likeness (QED) is 0.856. The lowest BCUT2D eigenvalue weighted by Crippen LogP contribution is -2.59. The SMILES string of the molecule is CO[C@@H]1O[C@]2(c3ccc(C(=O)O)cc3)CCC3CCCC[C@]31OO2. The lowest BCUT2D eigenvalue weighted by atomic mass is 9.73. The van der Waals surface area contributed by atoms with Gasteiger partial charge in [0.1, 0.15) is 0 Å². The molecule has 1 aromatic rings. The lowest BCUT2D eigenvalue weighted by molar-refractivity contribution is -0.558. The van der Waals surface area contributed by atoms with E-state index < -0.39 is 23.6 Å². The predicted molar refractivity (Wildman–Crippen MR) is 83.1 cm³/mol. The Morgan fingerprint density at radius 3 is 2.67 bits per heavy atom. The first kappa shape index (κ1) is 16.0. The molecular formula is C18H22O6. The molecule has 3 heterocycles. The van der Waals surface area contributed by atoms with Gasteiger partial charge in [-0.25, -0.2) is 9.68 Å². The highest BCUT2D eigenvalue weighted by Gasteiger charge is 2.61. The fourth-order valence-electron chi connectivity index (χ4n) is 4.37. The van der Waals surface area contributed by atoms with Crippen LogP contribution in [0.15, 0.2) is 24.3 Å². The zero-order chi connectivity index (χ0) is 16.8. The van der Waals surface area contributed by atoms with Crippen molar-refractivity contribution in [2.45, 2.75) is 56.2 Å². The second-order valence-electron chi connectivity index (χ2n) is 6.92. The molecular weight excluding hydrogens is 312 g/mol. The van der Waals surface area contributed by atoms with Gasteiger partial charge >= 0.3 is 5.97 Å². The second-order valence-corrected chi connectivity index (χ2v) is 6.92. The van der Waals surface area contributed by atoms with Gasteiger partial charge in [0, 0.05) is 19.1 Å². The summed E-state index contributed by atoms with van der Waals surface area (Å²) in [6, 6.07) is 6.57. The number of hydrogen-bond donors (Lipinski definition) is 1. The summed E-state index contributed by atoms with van der Waals surface area (Å²) in [5.41, 5.74) is 0.450. The number of benzene rings is 1. The largest absolute Gasteiger partial charge is 0.478 e. The van der Waals surface area contributed by atoms with Gasteiger partial charge in [-0.3, -0.25) is 0 Å². The van der Waals surface area contributed by atoms with Crippen LogP contribution in [0.4, 0.5) is 0 Å². The highest BCUT2D eigenvalue weighted by atomic mass is 17.3. The zero-order valence-electron chi connectivity index (χ0n) is 13.7. The maximum absolute atomic E-state index is 11.1. The number of carboxylic acids is 1. The number of carbonyl (C=O) groups is 1. The Kier molecular flexibility index (Phi) is 3.88. The number of hydrogen-bond acceptors (Lipinski definition) is 5. The van der Waals surface area contributed by atoms with Crippen LogP contribution >= 0.6 is 0 Å². The zero-order valence-corrected chi connectivity index (χ0v) is 13.7. The molecule has 1 N–H and O–H groups in total. The summed E-state index contributed by atoms with van der Waals surface area (Å²) in [4.78, 5) is 22.8. The molecule has 4 aliphatic rings. The Balaban J connectivity index is 1.70. The van der Waals surface area contributed by atoms with Crippen molar-refractivity contribution in [3.8, 4) is 0 Å². The molecule has 24 heavy (non-hydrogen) atoms. The minimum atomic E-state index is -1.04. The molecule has 4 atom stereocenters. The van der Waals surface area contributed by atoms with Crippen LogP contribution < -0.4 is 0 Å². The summed E-state index contributed by atoms with van der Waals surface area (Å²) >= 11 is 0. The van der Waals surface area contributed by atoms with E-state index in [0.717, 1.165) is 31.2 Å². The van der Waals surface area contributed by atoms with Crippen molar-refractivity contribution < 1.29 is 29.1 Å². The molecule has 6 nitrogen and oxygen atoms in total. The molecule has 3 aliphatic heterocycles. The Bertz CT molecular complexity index is 625. The Morgan fingerprint density at radius 2 is 1.96 bits per heavy atom. The number of rotatable bonds is 3.